The van der Waals surface area contributed by atoms with Gasteiger partial charge in [-0.05, 0) is 18.1 Å². The third kappa shape index (κ3) is 9.27. The van der Waals surface area contributed by atoms with E-state index in [2.05, 4.69) is 29.4 Å². The monoisotopic (exact) mass is 494 g/mol. The van der Waals surface area contributed by atoms with Crippen LogP contribution >= 0.6 is 24.0 Å². The van der Waals surface area contributed by atoms with Crippen molar-refractivity contribution in [3.05, 3.63) is 24.2 Å². The van der Waals surface area contributed by atoms with Crippen LogP contribution in [0, 0.1) is 5.92 Å². The summed E-state index contributed by atoms with van der Waals surface area (Å²) < 4.78 is 16.0. The first kappa shape index (κ1) is 24.2. The predicted molar refractivity (Wildman–Crippen MR) is 119 cm³/mol. The van der Waals surface area contributed by atoms with E-state index in [1.807, 2.05) is 12.1 Å². The second-order valence-corrected chi connectivity index (χ2v) is 6.82. The highest BCUT2D eigenvalue weighted by Gasteiger charge is 2.23. The molecule has 1 unspecified atom stereocenters. The molecule has 7 nitrogen and oxygen atoms in total. The zero-order chi connectivity index (χ0) is 18.6. The second kappa shape index (κ2) is 14.2. The SMILES string of the molecule is COCCNC(=NCC(C(C)C)N1CCOCC1)NCCc1ccco1.I. The quantitative estimate of drug-likeness (QED) is 0.225. The third-order valence-electron chi connectivity index (χ3n) is 4.56. The maximum absolute atomic E-state index is 5.48. The number of morpholine rings is 1. The van der Waals surface area contributed by atoms with Crippen LogP contribution in [0.25, 0.3) is 0 Å². The number of nitrogens with one attached hydrogen (secondary N) is 2. The zero-order valence-electron chi connectivity index (χ0n) is 16.8. The van der Waals surface area contributed by atoms with Crippen LogP contribution < -0.4 is 10.6 Å². The van der Waals surface area contributed by atoms with E-state index in [4.69, 9.17) is 18.9 Å². The van der Waals surface area contributed by atoms with E-state index in [0.717, 1.165) is 64.1 Å². The number of hydrogen-bond acceptors (Lipinski definition) is 5. The van der Waals surface area contributed by atoms with Crippen molar-refractivity contribution in [1.29, 1.82) is 0 Å². The number of hydrogen-bond donors (Lipinski definition) is 2. The molecule has 1 saturated heterocycles. The summed E-state index contributed by atoms with van der Waals surface area (Å²) >= 11 is 0. The first-order valence-electron chi connectivity index (χ1n) is 9.56. The van der Waals surface area contributed by atoms with E-state index in [9.17, 15) is 0 Å². The molecule has 2 heterocycles. The number of rotatable bonds is 10. The van der Waals surface area contributed by atoms with Crippen molar-refractivity contribution in [2.75, 3.05) is 59.7 Å². The molecule has 2 N–H and O–H groups in total. The summed E-state index contributed by atoms with van der Waals surface area (Å²) in [5.41, 5.74) is 0. The Labute approximate surface area is 180 Å². The first-order valence-corrected chi connectivity index (χ1v) is 9.56. The smallest absolute Gasteiger partial charge is 0.191 e. The zero-order valence-corrected chi connectivity index (χ0v) is 19.1. The normalized spacial score (nSPS) is 16.8. The molecular weight excluding hydrogens is 459 g/mol. The van der Waals surface area contributed by atoms with Gasteiger partial charge in [0.05, 0.1) is 32.6 Å². The van der Waals surface area contributed by atoms with Crippen molar-refractivity contribution >= 4 is 29.9 Å². The summed E-state index contributed by atoms with van der Waals surface area (Å²) in [6.07, 6.45) is 2.53. The summed E-state index contributed by atoms with van der Waals surface area (Å²) in [6, 6.07) is 4.32. The maximum Gasteiger partial charge on any atom is 0.191 e. The predicted octanol–water partition coefficient (Wildman–Crippen LogP) is 1.98. The number of nitrogens with zero attached hydrogens (tertiary/aromatic N) is 2. The molecule has 0 aromatic carbocycles. The number of halogens is 1. The van der Waals surface area contributed by atoms with E-state index in [-0.39, 0.29) is 24.0 Å². The van der Waals surface area contributed by atoms with Gasteiger partial charge in [0, 0.05) is 45.8 Å². The van der Waals surface area contributed by atoms with Crippen LogP contribution in [0.15, 0.2) is 27.8 Å². The molecule has 1 aliphatic rings. The summed E-state index contributed by atoms with van der Waals surface area (Å²) in [4.78, 5) is 7.33. The van der Waals surface area contributed by atoms with Crippen molar-refractivity contribution in [3.8, 4) is 0 Å². The van der Waals surface area contributed by atoms with Crippen LogP contribution in [0.2, 0.25) is 0 Å². The Bertz CT molecular complexity index is 505. The second-order valence-electron chi connectivity index (χ2n) is 6.82. The average Bonchev–Trinajstić information content (AvgIpc) is 3.15. The molecule has 156 valence electrons. The number of ether oxygens (including phenoxy) is 2. The standard InChI is InChI=1S/C19H34N4O3.HI/c1-16(2)18(23-9-13-25-14-10-23)15-22-19(21-8-12-24-3)20-7-6-17-5-4-11-26-17;/h4-5,11,16,18H,6-10,12-15H2,1-3H3,(H2,20,21,22);1H. The van der Waals surface area contributed by atoms with E-state index < -0.39 is 0 Å². The summed E-state index contributed by atoms with van der Waals surface area (Å²) in [6.45, 7) is 11.0. The Hall–Kier alpha value is -0.840. The van der Waals surface area contributed by atoms with Crippen LogP contribution in [0.3, 0.4) is 0 Å². The lowest BCUT2D eigenvalue weighted by Gasteiger charge is -2.36. The molecular formula is C19H35IN4O3. The summed E-state index contributed by atoms with van der Waals surface area (Å²) in [5.74, 6) is 2.34. The van der Waals surface area contributed by atoms with Gasteiger partial charge in [0.2, 0.25) is 0 Å². The maximum atomic E-state index is 5.48. The van der Waals surface area contributed by atoms with E-state index in [0.29, 0.717) is 18.6 Å². The molecule has 27 heavy (non-hydrogen) atoms. The van der Waals surface area contributed by atoms with E-state index in [1.54, 1.807) is 13.4 Å². The lowest BCUT2D eigenvalue weighted by molar-refractivity contribution is 0.00867. The lowest BCUT2D eigenvalue weighted by Crippen LogP contribution is -2.48. The van der Waals surface area contributed by atoms with Gasteiger partial charge in [-0.25, -0.2) is 0 Å². The van der Waals surface area contributed by atoms with Gasteiger partial charge in [0.25, 0.3) is 0 Å². The van der Waals surface area contributed by atoms with Crippen molar-refractivity contribution in [2.45, 2.75) is 26.3 Å². The van der Waals surface area contributed by atoms with Crippen LogP contribution in [-0.4, -0.2) is 76.6 Å². The minimum absolute atomic E-state index is 0. The Balaban J connectivity index is 0.00000364. The summed E-state index contributed by atoms with van der Waals surface area (Å²) in [5, 5.41) is 6.73. The average molecular weight is 494 g/mol. The topological polar surface area (TPSA) is 71.3 Å². The fourth-order valence-electron chi connectivity index (χ4n) is 3.05. The molecule has 1 aliphatic heterocycles. The number of methoxy groups -OCH3 is 1. The molecule has 8 heteroatoms. The van der Waals surface area contributed by atoms with Gasteiger partial charge in [-0.1, -0.05) is 13.8 Å². The van der Waals surface area contributed by atoms with E-state index >= 15 is 0 Å². The van der Waals surface area contributed by atoms with Crippen molar-refractivity contribution in [3.63, 3.8) is 0 Å². The molecule has 0 bridgehead atoms. The molecule has 1 aromatic heterocycles. The molecule has 0 saturated carbocycles. The number of furan rings is 1. The number of guanidine groups is 1. The van der Waals surface area contributed by atoms with Crippen LogP contribution in [0.4, 0.5) is 0 Å². The molecule has 1 aromatic rings. The first-order chi connectivity index (χ1) is 12.7. The molecule has 1 fully saturated rings. The molecule has 0 amide bonds. The largest absolute Gasteiger partial charge is 0.469 e. The van der Waals surface area contributed by atoms with Crippen molar-refractivity contribution < 1.29 is 13.9 Å². The number of aliphatic imine (C=N–C) groups is 1. The molecule has 0 aliphatic carbocycles. The minimum atomic E-state index is 0. The van der Waals surface area contributed by atoms with Crippen molar-refractivity contribution in [1.82, 2.24) is 15.5 Å². The van der Waals surface area contributed by atoms with Gasteiger partial charge in [0.1, 0.15) is 5.76 Å². The highest BCUT2D eigenvalue weighted by atomic mass is 127. The van der Waals surface area contributed by atoms with Gasteiger partial charge in [0.15, 0.2) is 5.96 Å². The minimum Gasteiger partial charge on any atom is -0.469 e. The Morgan fingerprint density at radius 2 is 2.00 bits per heavy atom. The molecule has 0 spiro atoms. The fraction of sp³-hybridized carbons (Fsp3) is 0.737. The Morgan fingerprint density at radius 1 is 1.26 bits per heavy atom. The highest BCUT2D eigenvalue weighted by molar-refractivity contribution is 14.0. The highest BCUT2D eigenvalue weighted by Crippen LogP contribution is 2.13. The van der Waals surface area contributed by atoms with Gasteiger partial charge in [-0.3, -0.25) is 9.89 Å². The summed E-state index contributed by atoms with van der Waals surface area (Å²) in [7, 11) is 1.70. The molecule has 2 rings (SSSR count). The van der Waals surface area contributed by atoms with Gasteiger partial charge in [-0.2, -0.15) is 0 Å². The Kier molecular flexibility index (Phi) is 12.7. The third-order valence-corrected chi connectivity index (χ3v) is 4.56. The van der Waals surface area contributed by atoms with Gasteiger partial charge < -0.3 is 24.5 Å². The lowest BCUT2D eigenvalue weighted by atomic mass is 10.0. The van der Waals surface area contributed by atoms with Crippen LogP contribution in [0.5, 0.6) is 0 Å². The Morgan fingerprint density at radius 3 is 2.63 bits per heavy atom. The van der Waals surface area contributed by atoms with Gasteiger partial charge in [-0.15, -0.1) is 24.0 Å². The molecule has 1 atom stereocenters. The van der Waals surface area contributed by atoms with Crippen LogP contribution in [-0.2, 0) is 15.9 Å². The van der Waals surface area contributed by atoms with Crippen molar-refractivity contribution in [2.24, 2.45) is 10.9 Å². The van der Waals surface area contributed by atoms with Crippen LogP contribution in [0.1, 0.15) is 19.6 Å². The van der Waals surface area contributed by atoms with E-state index in [1.165, 1.54) is 0 Å². The molecule has 0 radical (unpaired) electrons. The van der Waals surface area contributed by atoms with Gasteiger partial charge >= 0.3 is 0 Å². The fourth-order valence-corrected chi connectivity index (χ4v) is 3.05.